The molecular formula is C13H15N5O2S. The number of carbonyl (C=O) groups is 1. The number of amides is 1. The Kier molecular flexibility index (Phi) is 4.05. The van der Waals surface area contributed by atoms with E-state index in [1.54, 1.807) is 30.4 Å². The van der Waals surface area contributed by atoms with Crippen molar-refractivity contribution >= 4 is 17.4 Å². The van der Waals surface area contributed by atoms with Gasteiger partial charge in [0.05, 0.1) is 18.4 Å². The SMILES string of the molecule is Cc1nnsc1C(=O)N1CCC[C@H](Oc2cnccn2)C1. The van der Waals surface area contributed by atoms with Gasteiger partial charge < -0.3 is 9.64 Å². The van der Waals surface area contributed by atoms with Gasteiger partial charge in [-0.05, 0) is 31.3 Å². The molecule has 0 N–H and O–H groups in total. The summed E-state index contributed by atoms with van der Waals surface area (Å²) in [4.78, 5) is 22.9. The first-order valence-electron chi connectivity index (χ1n) is 6.75. The van der Waals surface area contributed by atoms with Gasteiger partial charge in [-0.25, -0.2) is 4.98 Å². The molecule has 1 fully saturated rings. The Morgan fingerprint density at radius 1 is 1.48 bits per heavy atom. The minimum atomic E-state index is -0.0550. The third-order valence-corrected chi connectivity index (χ3v) is 4.15. The van der Waals surface area contributed by atoms with Gasteiger partial charge >= 0.3 is 0 Å². The fourth-order valence-corrected chi connectivity index (χ4v) is 2.93. The largest absolute Gasteiger partial charge is 0.471 e. The molecule has 8 heteroatoms. The first-order chi connectivity index (χ1) is 10.2. The summed E-state index contributed by atoms with van der Waals surface area (Å²) in [6.07, 6.45) is 6.53. The van der Waals surface area contributed by atoms with E-state index >= 15 is 0 Å². The lowest BCUT2D eigenvalue weighted by Gasteiger charge is -2.32. The fourth-order valence-electron chi connectivity index (χ4n) is 2.31. The zero-order chi connectivity index (χ0) is 14.7. The Labute approximate surface area is 126 Å². The maximum Gasteiger partial charge on any atom is 0.267 e. The van der Waals surface area contributed by atoms with Gasteiger partial charge in [-0.2, -0.15) is 0 Å². The molecule has 3 heterocycles. The predicted molar refractivity (Wildman–Crippen MR) is 76.2 cm³/mol. The van der Waals surface area contributed by atoms with Crippen LogP contribution in [0, 0.1) is 6.92 Å². The van der Waals surface area contributed by atoms with E-state index in [4.69, 9.17) is 4.74 Å². The van der Waals surface area contributed by atoms with Crippen molar-refractivity contribution in [3.05, 3.63) is 29.2 Å². The highest BCUT2D eigenvalue weighted by atomic mass is 32.1. The number of rotatable bonds is 3. The van der Waals surface area contributed by atoms with Crippen LogP contribution < -0.4 is 4.74 Å². The second kappa shape index (κ2) is 6.13. The molecule has 2 aromatic heterocycles. The second-order valence-corrected chi connectivity index (χ2v) is 5.62. The molecule has 2 aromatic rings. The summed E-state index contributed by atoms with van der Waals surface area (Å²) < 4.78 is 9.61. The van der Waals surface area contributed by atoms with E-state index in [9.17, 15) is 4.79 Å². The highest BCUT2D eigenvalue weighted by Gasteiger charge is 2.28. The lowest BCUT2D eigenvalue weighted by atomic mass is 10.1. The number of hydrogen-bond donors (Lipinski definition) is 0. The summed E-state index contributed by atoms with van der Waals surface area (Å²) in [5, 5.41) is 3.89. The van der Waals surface area contributed by atoms with Crippen LogP contribution in [0.3, 0.4) is 0 Å². The topological polar surface area (TPSA) is 81.1 Å². The zero-order valence-electron chi connectivity index (χ0n) is 11.6. The molecule has 110 valence electrons. The summed E-state index contributed by atoms with van der Waals surface area (Å²) in [5.74, 6) is 0.474. The summed E-state index contributed by atoms with van der Waals surface area (Å²) in [6.45, 7) is 3.08. The van der Waals surface area contributed by atoms with Crippen molar-refractivity contribution in [1.82, 2.24) is 24.5 Å². The molecule has 0 radical (unpaired) electrons. The number of nitrogens with zero attached hydrogens (tertiary/aromatic N) is 5. The Hall–Kier alpha value is -2.09. The van der Waals surface area contributed by atoms with Gasteiger partial charge in [0, 0.05) is 18.9 Å². The lowest BCUT2D eigenvalue weighted by Crippen LogP contribution is -2.44. The van der Waals surface area contributed by atoms with Crippen LogP contribution in [-0.2, 0) is 0 Å². The molecule has 1 aliphatic rings. The smallest absolute Gasteiger partial charge is 0.267 e. The van der Waals surface area contributed by atoms with E-state index in [2.05, 4.69) is 19.6 Å². The predicted octanol–water partition coefficient (Wildman–Crippen LogP) is 1.32. The standard InChI is InChI=1S/C13H15N5O2S/c1-9-12(21-17-16-9)13(19)18-6-2-3-10(8-18)20-11-7-14-4-5-15-11/h4-5,7,10H,2-3,6,8H2,1H3/t10-/m0/s1. The minimum Gasteiger partial charge on any atom is -0.471 e. The van der Waals surface area contributed by atoms with Crippen LogP contribution in [0.2, 0.25) is 0 Å². The van der Waals surface area contributed by atoms with Gasteiger partial charge in [0.25, 0.3) is 5.91 Å². The number of hydrogen-bond acceptors (Lipinski definition) is 7. The molecule has 0 aromatic carbocycles. The molecule has 7 nitrogen and oxygen atoms in total. The summed E-state index contributed by atoms with van der Waals surface area (Å²) in [6, 6.07) is 0. The van der Waals surface area contributed by atoms with Crippen LogP contribution in [0.4, 0.5) is 0 Å². The normalized spacial score (nSPS) is 18.5. The van der Waals surface area contributed by atoms with Crippen molar-refractivity contribution < 1.29 is 9.53 Å². The number of aromatic nitrogens is 4. The molecule has 0 aliphatic carbocycles. The monoisotopic (exact) mass is 305 g/mol. The molecule has 0 unspecified atom stereocenters. The van der Waals surface area contributed by atoms with Crippen molar-refractivity contribution in [2.45, 2.75) is 25.9 Å². The van der Waals surface area contributed by atoms with Gasteiger partial charge in [0.1, 0.15) is 11.0 Å². The van der Waals surface area contributed by atoms with E-state index < -0.39 is 0 Å². The number of piperidine rings is 1. The van der Waals surface area contributed by atoms with Crippen LogP contribution in [0.25, 0.3) is 0 Å². The van der Waals surface area contributed by atoms with Crippen LogP contribution in [-0.4, -0.2) is 49.6 Å². The van der Waals surface area contributed by atoms with Gasteiger partial charge in [-0.15, -0.1) is 5.10 Å². The molecule has 0 saturated carbocycles. The summed E-state index contributed by atoms with van der Waals surface area (Å²) in [7, 11) is 0. The van der Waals surface area contributed by atoms with Gasteiger partial charge in [-0.3, -0.25) is 9.78 Å². The Bertz CT molecular complexity index is 618. The first-order valence-corrected chi connectivity index (χ1v) is 7.52. The van der Waals surface area contributed by atoms with Gasteiger partial charge in [-0.1, -0.05) is 4.49 Å². The van der Waals surface area contributed by atoms with E-state index in [-0.39, 0.29) is 12.0 Å². The van der Waals surface area contributed by atoms with E-state index in [0.717, 1.165) is 30.9 Å². The number of ether oxygens (including phenoxy) is 1. The average molecular weight is 305 g/mol. The molecule has 1 saturated heterocycles. The van der Waals surface area contributed by atoms with E-state index in [1.807, 2.05) is 0 Å². The number of likely N-dealkylation sites (tertiary alicyclic amines) is 1. The van der Waals surface area contributed by atoms with E-state index in [1.165, 1.54) is 0 Å². The highest BCUT2D eigenvalue weighted by molar-refractivity contribution is 7.07. The van der Waals surface area contributed by atoms with Gasteiger partial charge in [0.2, 0.25) is 5.88 Å². The zero-order valence-corrected chi connectivity index (χ0v) is 12.4. The van der Waals surface area contributed by atoms with Crippen LogP contribution in [0.1, 0.15) is 28.2 Å². The quantitative estimate of drug-likeness (QED) is 0.850. The highest BCUT2D eigenvalue weighted by Crippen LogP contribution is 2.20. The third-order valence-electron chi connectivity index (χ3n) is 3.34. The molecule has 21 heavy (non-hydrogen) atoms. The molecule has 1 atom stereocenters. The van der Waals surface area contributed by atoms with Gasteiger partial charge in [0.15, 0.2) is 0 Å². The Morgan fingerprint density at radius 2 is 2.38 bits per heavy atom. The van der Waals surface area contributed by atoms with Crippen LogP contribution in [0.15, 0.2) is 18.6 Å². The van der Waals surface area contributed by atoms with E-state index in [0.29, 0.717) is 23.0 Å². The Morgan fingerprint density at radius 3 is 3.10 bits per heavy atom. The van der Waals surface area contributed by atoms with Crippen LogP contribution in [0.5, 0.6) is 5.88 Å². The molecule has 1 amide bonds. The number of aryl methyl sites for hydroxylation is 1. The van der Waals surface area contributed by atoms with Crippen molar-refractivity contribution in [1.29, 1.82) is 0 Å². The third kappa shape index (κ3) is 3.15. The molecule has 1 aliphatic heterocycles. The first kappa shape index (κ1) is 13.9. The second-order valence-electron chi connectivity index (χ2n) is 4.86. The van der Waals surface area contributed by atoms with Crippen molar-refractivity contribution in [3.8, 4) is 5.88 Å². The Balaban J connectivity index is 1.66. The average Bonchev–Trinajstić information content (AvgIpc) is 2.94. The number of carbonyl (C=O) groups excluding carboxylic acids is 1. The van der Waals surface area contributed by atoms with Crippen molar-refractivity contribution in [3.63, 3.8) is 0 Å². The maximum atomic E-state index is 12.5. The lowest BCUT2D eigenvalue weighted by molar-refractivity contribution is 0.0530. The summed E-state index contributed by atoms with van der Waals surface area (Å²) >= 11 is 1.14. The fraction of sp³-hybridized carbons (Fsp3) is 0.462. The molecular weight excluding hydrogens is 290 g/mol. The molecule has 0 bridgehead atoms. The minimum absolute atomic E-state index is 0.0186. The van der Waals surface area contributed by atoms with Crippen molar-refractivity contribution in [2.24, 2.45) is 0 Å². The molecule has 0 spiro atoms. The summed E-state index contributed by atoms with van der Waals surface area (Å²) in [5.41, 5.74) is 0.682. The van der Waals surface area contributed by atoms with Crippen molar-refractivity contribution in [2.75, 3.05) is 13.1 Å². The molecule has 3 rings (SSSR count). The van der Waals surface area contributed by atoms with Crippen LogP contribution >= 0.6 is 11.5 Å². The maximum absolute atomic E-state index is 12.5.